The third-order valence-corrected chi connectivity index (χ3v) is 4.09. The maximum absolute atomic E-state index is 11.1. The van der Waals surface area contributed by atoms with Gasteiger partial charge in [0.25, 0.3) is 0 Å². The van der Waals surface area contributed by atoms with Gasteiger partial charge in [0.05, 0.1) is 25.1 Å². The minimum atomic E-state index is -3.54. The lowest BCUT2D eigenvalue weighted by Crippen LogP contribution is -2.36. The van der Waals surface area contributed by atoms with E-state index in [-0.39, 0.29) is 42.4 Å². The van der Waals surface area contributed by atoms with Crippen LogP contribution in [0.4, 0.5) is 5.69 Å². The number of nitrogens with one attached hydrogen (secondary N) is 2. The van der Waals surface area contributed by atoms with Crippen molar-refractivity contribution in [3.8, 4) is 5.75 Å². The van der Waals surface area contributed by atoms with Gasteiger partial charge in [-0.25, -0.2) is 13.6 Å². The molecule has 11 heteroatoms. The molecule has 1 rings (SSSR count). The topological polar surface area (TPSA) is 124 Å². The zero-order chi connectivity index (χ0) is 20.8. The number of hydrogen-bond donors (Lipinski definition) is 3. The molecule has 0 aliphatic rings. The average Bonchev–Trinajstić information content (AvgIpc) is 2.61. The van der Waals surface area contributed by atoms with Crippen molar-refractivity contribution in [2.24, 2.45) is 10.1 Å². The third kappa shape index (κ3) is 15.4. The molecule has 1 aromatic carbocycles. The molecule has 168 valence electrons. The summed E-state index contributed by atoms with van der Waals surface area (Å²) in [5.74, 6) is 1.06. The number of rotatable bonds is 13. The fourth-order valence-corrected chi connectivity index (χ4v) is 2.47. The molecule has 0 spiro atoms. The molecule has 0 aliphatic heterocycles. The van der Waals surface area contributed by atoms with Crippen molar-refractivity contribution in [3.63, 3.8) is 0 Å². The van der Waals surface area contributed by atoms with Crippen molar-refractivity contribution >= 4 is 45.6 Å². The molecule has 0 atom stereocenters. The molecule has 0 bridgehead atoms. The predicted octanol–water partition coefficient (Wildman–Crippen LogP) is 1.79. The Morgan fingerprint density at radius 3 is 2.45 bits per heavy atom. The Hall–Kier alpha value is -1.15. The molecule has 0 heterocycles. The van der Waals surface area contributed by atoms with Gasteiger partial charge in [0.1, 0.15) is 5.75 Å². The van der Waals surface area contributed by atoms with E-state index in [2.05, 4.69) is 15.6 Å². The zero-order valence-electron chi connectivity index (χ0n) is 17.2. The maximum atomic E-state index is 11.1. The molecule has 0 aromatic heterocycles. The van der Waals surface area contributed by atoms with E-state index >= 15 is 0 Å². The van der Waals surface area contributed by atoms with E-state index in [1.54, 1.807) is 7.11 Å². The quantitative estimate of drug-likeness (QED) is 0.150. The van der Waals surface area contributed by atoms with Gasteiger partial charge in [-0.3, -0.25) is 4.99 Å². The minimum Gasteiger partial charge on any atom is -0.491 e. The van der Waals surface area contributed by atoms with Crippen molar-refractivity contribution < 1.29 is 22.6 Å². The normalized spacial score (nSPS) is 11.8. The van der Waals surface area contributed by atoms with E-state index in [4.69, 9.17) is 19.3 Å². The molecular weight excluding hydrogens is 511 g/mol. The highest BCUT2D eigenvalue weighted by Crippen LogP contribution is 2.16. The van der Waals surface area contributed by atoms with Gasteiger partial charge in [-0.2, -0.15) is 0 Å². The highest BCUT2D eigenvalue weighted by molar-refractivity contribution is 14.0. The van der Waals surface area contributed by atoms with Crippen LogP contribution in [-0.4, -0.2) is 66.3 Å². The summed E-state index contributed by atoms with van der Waals surface area (Å²) in [7, 11) is -1.92. The lowest BCUT2D eigenvalue weighted by atomic mass is 10.3. The van der Waals surface area contributed by atoms with Gasteiger partial charge in [-0.05, 0) is 44.5 Å². The van der Waals surface area contributed by atoms with Crippen molar-refractivity contribution in [3.05, 3.63) is 24.3 Å². The lowest BCUT2D eigenvalue weighted by Gasteiger charge is -2.14. The van der Waals surface area contributed by atoms with Gasteiger partial charge in [-0.1, -0.05) is 0 Å². The summed E-state index contributed by atoms with van der Waals surface area (Å²) in [4.78, 5) is 4.44. The standard InChI is InChI=1S/C18H32N4O5S.HI/c1-15(2)27-17-7-5-16(6-8-17)22-18(21-10-14-28(19,23)24)20-9-4-11-26-13-12-25-3;/h5-8,15H,4,9-14H2,1-3H3,(H2,19,23,24)(H2,20,21,22);1H. The van der Waals surface area contributed by atoms with E-state index < -0.39 is 10.0 Å². The van der Waals surface area contributed by atoms with Crippen LogP contribution in [0.3, 0.4) is 0 Å². The number of guanidine groups is 1. The van der Waals surface area contributed by atoms with Crippen LogP contribution in [0.2, 0.25) is 0 Å². The monoisotopic (exact) mass is 544 g/mol. The van der Waals surface area contributed by atoms with E-state index in [1.165, 1.54) is 0 Å². The van der Waals surface area contributed by atoms with E-state index in [9.17, 15) is 8.42 Å². The van der Waals surface area contributed by atoms with Crippen LogP contribution in [0.25, 0.3) is 0 Å². The molecule has 0 radical (unpaired) electrons. The second-order valence-corrected chi connectivity index (χ2v) is 8.03. The summed E-state index contributed by atoms with van der Waals surface area (Å²) in [5, 5.41) is 11.2. The second kappa shape index (κ2) is 15.7. The number of hydrogen-bond acceptors (Lipinski definition) is 6. The Kier molecular flexibility index (Phi) is 15.0. The Bertz CT molecular complexity index is 684. The summed E-state index contributed by atoms with van der Waals surface area (Å²) in [6, 6.07) is 7.44. The van der Waals surface area contributed by atoms with Crippen molar-refractivity contribution in [1.29, 1.82) is 0 Å². The van der Waals surface area contributed by atoms with Crippen molar-refractivity contribution in [2.75, 3.05) is 51.1 Å². The van der Waals surface area contributed by atoms with Crippen LogP contribution in [0.15, 0.2) is 29.3 Å². The van der Waals surface area contributed by atoms with Gasteiger partial charge in [-0.15, -0.1) is 24.0 Å². The number of ether oxygens (including phenoxy) is 3. The van der Waals surface area contributed by atoms with Crippen LogP contribution in [0, 0.1) is 0 Å². The number of aliphatic imine (C=N–C) groups is 1. The highest BCUT2D eigenvalue weighted by atomic mass is 127. The number of benzene rings is 1. The second-order valence-electron chi connectivity index (χ2n) is 6.30. The predicted molar refractivity (Wildman–Crippen MR) is 127 cm³/mol. The number of sulfonamides is 1. The highest BCUT2D eigenvalue weighted by Gasteiger charge is 2.05. The average molecular weight is 544 g/mol. The van der Waals surface area contributed by atoms with Crippen molar-refractivity contribution in [1.82, 2.24) is 5.32 Å². The summed E-state index contributed by atoms with van der Waals surface area (Å²) in [6.07, 6.45) is 0.828. The number of halogens is 1. The van der Waals surface area contributed by atoms with Gasteiger partial charge in [0.2, 0.25) is 10.0 Å². The number of nitrogens with two attached hydrogens (primary N) is 1. The van der Waals surface area contributed by atoms with Crippen LogP contribution in [0.5, 0.6) is 5.75 Å². The Morgan fingerprint density at radius 2 is 1.86 bits per heavy atom. The first-order valence-corrected chi connectivity index (χ1v) is 10.9. The summed E-state index contributed by atoms with van der Waals surface area (Å²) < 4.78 is 38.2. The molecule has 0 saturated carbocycles. The van der Waals surface area contributed by atoms with Crippen LogP contribution in [0.1, 0.15) is 20.3 Å². The molecule has 29 heavy (non-hydrogen) atoms. The van der Waals surface area contributed by atoms with E-state index in [1.807, 2.05) is 38.1 Å². The Balaban J connectivity index is 0.00000784. The molecule has 0 unspecified atom stereocenters. The van der Waals surface area contributed by atoms with Gasteiger partial charge < -0.3 is 24.8 Å². The van der Waals surface area contributed by atoms with Crippen molar-refractivity contribution in [2.45, 2.75) is 26.4 Å². The van der Waals surface area contributed by atoms with Gasteiger partial charge >= 0.3 is 0 Å². The third-order valence-electron chi connectivity index (χ3n) is 3.32. The number of nitrogens with zero attached hydrogens (tertiary/aromatic N) is 1. The molecule has 9 nitrogen and oxygen atoms in total. The lowest BCUT2D eigenvalue weighted by molar-refractivity contribution is 0.0702. The van der Waals surface area contributed by atoms with Crippen LogP contribution < -0.4 is 20.5 Å². The summed E-state index contributed by atoms with van der Waals surface area (Å²) >= 11 is 0. The smallest absolute Gasteiger partial charge is 0.210 e. The SMILES string of the molecule is COCCOCCCN=C(NCCS(N)(=O)=O)Nc1ccc(OC(C)C)cc1.I. The first kappa shape index (κ1) is 27.8. The summed E-state index contributed by atoms with van der Waals surface area (Å²) in [6.45, 7) is 6.27. The van der Waals surface area contributed by atoms with E-state index in [0.29, 0.717) is 32.3 Å². The molecule has 0 saturated heterocycles. The van der Waals surface area contributed by atoms with Gasteiger partial charge in [0.15, 0.2) is 5.96 Å². The molecule has 0 fully saturated rings. The minimum absolute atomic E-state index is 0. The maximum Gasteiger partial charge on any atom is 0.210 e. The molecular formula is C18H33IN4O5S. The fourth-order valence-electron chi connectivity index (χ4n) is 2.08. The fraction of sp³-hybridized carbons (Fsp3) is 0.611. The number of anilines is 1. The Morgan fingerprint density at radius 1 is 1.17 bits per heavy atom. The number of primary sulfonamides is 1. The van der Waals surface area contributed by atoms with Gasteiger partial charge in [0, 0.05) is 32.5 Å². The van der Waals surface area contributed by atoms with E-state index in [0.717, 1.165) is 17.9 Å². The first-order valence-electron chi connectivity index (χ1n) is 9.19. The van der Waals surface area contributed by atoms with Crippen LogP contribution in [-0.2, 0) is 19.5 Å². The Labute approximate surface area is 190 Å². The summed E-state index contributed by atoms with van der Waals surface area (Å²) in [5.41, 5.74) is 0.800. The molecule has 0 amide bonds. The molecule has 0 aliphatic carbocycles. The molecule has 1 aromatic rings. The zero-order valence-corrected chi connectivity index (χ0v) is 20.4. The first-order chi connectivity index (χ1) is 13.3. The molecule has 4 N–H and O–H groups in total. The largest absolute Gasteiger partial charge is 0.491 e. The van der Waals surface area contributed by atoms with Crippen LogP contribution >= 0.6 is 24.0 Å². The number of methoxy groups -OCH3 is 1.